The summed E-state index contributed by atoms with van der Waals surface area (Å²) < 4.78 is 0. The van der Waals surface area contributed by atoms with Crippen LogP contribution in [0.5, 0.6) is 0 Å². The highest BCUT2D eigenvalue weighted by molar-refractivity contribution is 7.17. The van der Waals surface area contributed by atoms with Crippen LogP contribution < -0.4 is 10.4 Å². The van der Waals surface area contributed by atoms with Gasteiger partial charge in [-0.15, -0.1) is 11.3 Å². The fourth-order valence-electron chi connectivity index (χ4n) is 2.26. The third-order valence-electron chi connectivity index (χ3n) is 2.97. The molecular weight excluding hydrogens is 250 g/mol. The molecule has 0 bridgehead atoms. The van der Waals surface area contributed by atoms with Crippen LogP contribution in [-0.2, 0) is 17.6 Å². The molecule has 0 fully saturated rings. The Balaban J connectivity index is 2.23. The first-order valence-electron chi connectivity index (χ1n) is 6.14. The second kappa shape index (κ2) is 5.10. The summed E-state index contributed by atoms with van der Waals surface area (Å²) in [5.41, 5.74) is 1.06. The van der Waals surface area contributed by atoms with Gasteiger partial charge in [-0.1, -0.05) is 13.8 Å². The summed E-state index contributed by atoms with van der Waals surface area (Å²) in [7, 11) is 0. The molecule has 2 rings (SSSR count). The number of aryl methyl sites for hydroxylation is 1. The van der Waals surface area contributed by atoms with Crippen molar-refractivity contribution in [2.24, 2.45) is 5.92 Å². The lowest BCUT2D eigenvalue weighted by Crippen LogP contribution is -2.25. The van der Waals surface area contributed by atoms with Gasteiger partial charge in [-0.25, -0.2) is 0 Å². The smallest absolute Gasteiger partial charge is 0.225 e. The Kier molecular flexibility index (Phi) is 3.71. The lowest BCUT2D eigenvalue weighted by Gasteiger charge is -2.10. The molecule has 0 aliphatic heterocycles. The maximum absolute atomic E-state index is 11.7. The fourth-order valence-corrected chi connectivity index (χ4v) is 3.55. The third-order valence-corrected chi connectivity index (χ3v) is 4.18. The predicted octanol–water partition coefficient (Wildman–Crippen LogP) is 1.58. The number of hydrogen-bond donors (Lipinski definition) is 1. The van der Waals surface area contributed by atoms with Crippen LogP contribution >= 0.6 is 11.3 Å². The zero-order chi connectivity index (χ0) is 13.3. The van der Waals surface area contributed by atoms with Crippen molar-refractivity contribution >= 4 is 28.2 Å². The van der Waals surface area contributed by atoms with Crippen molar-refractivity contribution in [3.8, 4) is 0 Å². The number of carboxylic acids is 1. The topological polar surface area (TPSA) is 69.2 Å². The van der Waals surface area contributed by atoms with Gasteiger partial charge >= 0.3 is 0 Å². The molecular formula is C13H16NO3S-. The summed E-state index contributed by atoms with van der Waals surface area (Å²) in [6, 6.07) is 0. The molecule has 1 amide bonds. The predicted molar refractivity (Wildman–Crippen MR) is 68.8 cm³/mol. The number of rotatable bonds is 4. The Morgan fingerprint density at radius 3 is 2.72 bits per heavy atom. The van der Waals surface area contributed by atoms with E-state index >= 15 is 0 Å². The number of carbonyl (C=O) groups is 2. The van der Waals surface area contributed by atoms with Gasteiger partial charge < -0.3 is 15.2 Å². The van der Waals surface area contributed by atoms with Crippen LogP contribution in [0.2, 0.25) is 0 Å². The molecule has 0 unspecified atom stereocenters. The number of amides is 1. The molecule has 1 N–H and O–H groups in total. The van der Waals surface area contributed by atoms with Gasteiger partial charge in [-0.05, 0) is 30.7 Å². The number of fused-ring (bicyclic) bond motifs is 1. The second-order valence-corrected chi connectivity index (χ2v) is 6.10. The van der Waals surface area contributed by atoms with Gasteiger partial charge in [0.25, 0.3) is 0 Å². The monoisotopic (exact) mass is 266 g/mol. The van der Waals surface area contributed by atoms with Gasteiger partial charge in [0.05, 0.1) is 5.97 Å². The molecule has 0 spiro atoms. The van der Waals surface area contributed by atoms with E-state index in [1.54, 1.807) is 0 Å². The van der Waals surface area contributed by atoms with E-state index in [9.17, 15) is 14.7 Å². The first-order chi connectivity index (χ1) is 8.49. The van der Waals surface area contributed by atoms with Crippen molar-refractivity contribution in [2.45, 2.75) is 39.5 Å². The zero-order valence-electron chi connectivity index (χ0n) is 10.5. The van der Waals surface area contributed by atoms with Gasteiger partial charge in [0.1, 0.15) is 5.00 Å². The number of nitrogens with one attached hydrogen (secondary N) is 1. The normalized spacial score (nSPS) is 13.7. The van der Waals surface area contributed by atoms with Crippen LogP contribution in [0.4, 0.5) is 5.00 Å². The highest BCUT2D eigenvalue weighted by Crippen LogP contribution is 2.38. The molecule has 1 aromatic rings. The number of thiophene rings is 1. The zero-order valence-corrected chi connectivity index (χ0v) is 11.4. The minimum absolute atomic E-state index is 0.132. The molecule has 1 heterocycles. The summed E-state index contributed by atoms with van der Waals surface area (Å²) in [6.07, 6.45) is 3.06. The summed E-state index contributed by atoms with van der Waals surface area (Å²) in [5.74, 6) is -1.06. The maximum Gasteiger partial charge on any atom is 0.225 e. The van der Waals surface area contributed by atoms with E-state index in [1.165, 1.54) is 11.3 Å². The van der Waals surface area contributed by atoms with Crippen molar-refractivity contribution in [3.05, 3.63) is 16.0 Å². The highest BCUT2D eigenvalue weighted by Gasteiger charge is 2.23. The van der Waals surface area contributed by atoms with Crippen LogP contribution in [0.3, 0.4) is 0 Å². The van der Waals surface area contributed by atoms with E-state index in [-0.39, 0.29) is 17.4 Å². The standard InChI is InChI=1S/C13H17NO3S/c1-7(2)6-10(15)14-12-11(13(16)17)8-4-3-5-9(8)18-12/h7H,3-6H2,1-2H3,(H,14,15)(H,16,17)/p-1. The number of hydrogen-bond acceptors (Lipinski definition) is 4. The van der Waals surface area contributed by atoms with Crippen LogP contribution in [0.15, 0.2) is 0 Å². The highest BCUT2D eigenvalue weighted by atomic mass is 32.1. The third kappa shape index (κ3) is 2.56. The van der Waals surface area contributed by atoms with Crippen LogP contribution in [0.1, 0.15) is 47.5 Å². The molecule has 1 aliphatic rings. The Bertz CT molecular complexity index is 491. The van der Waals surface area contributed by atoms with Crippen LogP contribution in [0, 0.1) is 5.92 Å². The van der Waals surface area contributed by atoms with Gasteiger partial charge in [-0.2, -0.15) is 0 Å². The second-order valence-electron chi connectivity index (χ2n) is 5.00. The molecule has 1 aliphatic carbocycles. The van der Waals surface area contributed by atoms with Crippen molar-refractivity contribution in [2.75, 3.05) is 5.32 Å². The quantitative estimate of drug-likeness (QED) is 0.899. The van der Waals surface area contributed by atoms with E-state index in [0.29, 0.717) is 11.4 Å². The summed E-state index contributed by atoms with van der Waals surface area (Å²) in [6.45, 7) is 3.90. The number of carboxylic acid groups (broad SMARTS) is 1. The lowest BCUT2D eigenvalue weighted by atomic mass is 10.1. The van der Waals surface area contributed by atoms with Gasteiger partial charge in [0, 0.05) is 16.9 Å². The molecule has 98 valence electrons. The minimum Gasteiger partial charge on any atom is -0.545 e. The molecule has 5 heteroatoms. The van der Waals surface area contributed by atoms with E-state index in [1.807, 2.05) is 13.8 Å². The number of carbonyl (C=O) groups excluding carboxylic acids is 2. The van der Waals surface area contributed by atoms with Crippen molar-refractivity contribution < 1.29 is 14.7 Å². The van der Waals surface area contributed by atoms with Gasteiger partial charge in [0.15, 0.2) is 0 Å². The maximum atomic E-state index is 11.7. The first-order valence-corrected chi connectivity index (χ1v) is 6.96. The van der Waals surface area contributed by atoms with E-state index in [4.69, 9.17) is 0 Å². The van der Waals surface area contributed by atoms with Crippen molar-refractivity contribution in [1.29, 1.82) is 0 Å². The van der Waals surface area contributed by atoms with E-state index in [0.717, 1.165) is 29.7 Å². The molecule has 0 atom stereocenters. The van der Waals surface area contributed by atoms with Gasteiger partial charge in [-0.3, -0.25) is 4.79 Å². The molecule has 0 radical (unpaired) electrons. The average Bonchev–Trinajstić information content (AvgIpc) is 2.74. The fraction of sp³-hybridized carbons (Fsp3) is 0.538. The minimum atomic E-state index is -1.19. The molecule has 4 nitrogen and oxygen atoms in total. The van der Waals surface area contributed by atoms with E-state index in [2.05, 4.69) is 5.32 Å². The molecule has 1 aromatic heterocycles. The number of anilines is 1. The molecule has 18 heavy (non-hydrogen) atoms. The number of aromatic carboxylic acids is 1. The van der Waals surface area contributed by atoms with Crippen LogP contribution in [0.25, 0.3) is 0 Å². The largest absolute Gasteiger partial charge is 0.545 e. The summed E-state index contributed by atoms with van der Waals surface area (Å²) >= 11 is 1.38. The molecule has 0 saturated carbocycles. The lowest BCUT2D eigenvalue weighted by molar-refractivity contribution is -0.254. The molecule has 0 aromatic carbocycles. The molecule has 0 saturated heterocycles. The van der Waals surface area contributed by atoms with Gasteiger partial charge in [0.2, 0.25) is 5.91 Å². The Morgan fingerprint density at radius 2 is 2.11 bits per heavy atom. The van der Waals surface area contributed by atoms with E-state index < -0.39 is 5.97 Å². The first kappa shape index (κ1) is 13.1. The van der Waals surface area contributed by atoms with Crippen LogP contribution in [-0.4, -0.2) is 11.9 Å². The summed E-state index contributed by atoms with van der Waals surface area (Å²) in [4.78, 5) is 24.0. The SMILES string of the molecule is CC(C)CC(=O)Nc1sc2c(c1C(=O)[O-])CCC2. The van der Waals surface area contributed by atoms with Crippen molar-refractivity contribution in [1.82, 2.24) is 0 Å². The Labute approximate surface area is 110 Å². The summed E-state index contributed by atoms with van der Waals surface area (Å²) in [5, 5.41) is 14.4. The Hall–Kier alpha value is -1.36. The average molecular weight is 266 g/mol. The Morgan fingerprint density at radius 1 is 1.39 bits per heavy atom. The van der Waals surface area contributed by atoms with Crippen molar-refractivity contribution in [3.63, 3.8) is 0 Å².